The first kappa shape index (κ1) is 16.8. The van der Waals surface area contributed by atoms with Gasteiger partial charge in [0.2, 0.25) is 0 Å². The van der Waals surface area contributed by atoms with Crippen LogP contribution in [0.15, 0.2) is 6.20 Å². The molecule has 0 saturated heterocycles. The second-order valence-corrected chi connectivity index (χ2v) is 7.33. The fraction of sp³-hybridized carbons (Fsp3) is 0.812. The normalized spacial score (nSPS) is 25.2. The Kier molecular flexibility index (Phi) is 5.69. The predicted octanol–water partition coefficient (Wildman–Crippen LogP) is 3.31. The summed E-state index contributed by atoms with van der Waals surface area (Å²) in [6.45, 7) is 7.19. The van der Waals surface area contributed by atoms with Crippen molar-refractivity contribution < 1.29 is 4.74 Å². The van der Waals surface area contributed by atoms with Gasteiger partial charge in [-0.15, -0.1) is 0 Å². The molecule has 1 saturated carbocycles. The van der Waals surface area contributed by atoms with Crippen LogP contribution in [-0.2, 0) is 11.3 Å². The molecular formula is C16H28ClN3O. The lowest BCUT2D eigenvalue weighted by Gasteiger charge is -2.41. The van der Waals surface area contributed by atoms with Crippen molar-refractivity contribution in [2.24, 2.45) is 11.3 Å². The van der Waals surface area contributed by atoms with Gasteiger partial charge in [-0.3, -0.25) is 4.68 Å². The van der Waals surface area contributed by atoms with Crippen LogP contribution in [0.3, 0.4) is 0 Å². The fourth-order valence-electron chi connectivity index (χ4n) is 3.56. The van der Waals surface area contributed by atoms with Crippen LogP contribution in [0.25, 0.3) is 0 Å². The van der Waals surface area contributed by atoms with E-state index >= 15 is 0 Å². The number of hydrogen-bond donors (Lipinski definition) is 1. The molecule has 0 radical (unpaired) electrons. The quantitative estimate of drug-likeness (QED) is 0.875. The summed E-state index contributed by atoms with van der Waals surface area (Å²) in [5.74, 6) is 1.09. The molecule has 1 aromatic rings. The minimum Gasteiger partial charge on any atom is -0.383 e. The van der Waals surface area contributed by atoms with E-state index in [-0.39, 0.29) is 0 Å². The van der Waals surface area contributed by atoms with Gasteiger partial charge in [0.15, 0.2) is 0 Å². The fourth-order valence-corrected chi connectivity index (χ4v) is 3.85. The molecule has 2 unspecified atom stereocenters. The molecule has 120 valence electrons. The van der Waals surface area contributed by atoms with Gasteiger partial charge < -0.3 is 10.1 Å². The molecule has 1 fully saturated rings. The summed E-state index contributed by atoms with van der Waals surface area (Å²) in [5, 5.41) is 8.60. The molecule has 21 heavy (non-hydrogen) atoms. The number of halogens is 1. The van der Waals surface area contributed by atoms with Crippen LogP contribution in [0.5, 0.6) is 0 Å². The first-order valence-corrected chi connectivity index (χ1v) is 8.21. The standard InChI is InChI=1S/C16H28ClN3O/c1-16(2)6-5-12(10-18-3)13(9-16)15-14(17)11-19-20(15)7-8-21-4/h11-13,18H,5-10H2,1-4H3. The summed E-state index contributed by atoms with van der Waals surface area (Å²) in [6.07, 6.45) is 5.46. The number of nitrogens with one attached hydrogen (secondary N) is 1. The van der Waals surface area contributed by atoms with Crippen molar-refractivity contribution in [3.05, 3.63) is 16.9 Å². The Morgan fingerprint density at radius 3 is 2.95 bits per heavy atom. The molecule has 1 aliphatic carbocycles. The van der Waals surface area contributed by atoms with Crippen molar-refractivity contribution in [1.29, 1.82) is 0 Å². The zero-order chi connectivity index (χ0) is 15.5. The van der Waals surface area contributed by atoms with Gasteiger partial charge in [-0.2, -0.15) is 5.10 Å². The highest BCUT2D eigenvalue weighted by Gasteiger charge is 2.38. The van der Waals surface area contributed by atoms with Gasteiger partial charge in [-0.25, -0.2) is 0 Å². The number of hydrogen-bond acceptors (Lipinski definition) is 3. The monoisotopic (exact) mass is 313 g/mol. The van der Waals surface area contributed by atoms with E-state index < -0.39 is 0 Å². The first-order valence-electron chi connectivity index (χ1n) is 7.83. The third-order valence-corrected chi connectivity index (χ3v) is 4.98. The number of ether oxygens (including phenoxy) is 1. The van der Waals surface area contributed by atoms with Gasteiger partial charge in [0.1, 0.15) is 0 Å². The molecular weight excluding hydrogens is 286 g/mol. The van der Waals surface area contributed by atoms with E-state index in [1.165, 1.54) is 18.5 Å². The van der Waals surface area contributed by atoms with Gasteiger partial charge in [-0.05, 0) is 44.2 Å². The van der Waals surface area contributed by atoms with Crippen molar-refractivity contribution >= 4 is 11.6 Å². The summed E-state index contributed by atoms with van der Waals surface area (Å²) in [7, 11) is 3.75. The third kappa shape index (κ3) is 3.99. The Labute approximate surface area is 133 Å². The van der Waals surface area contributed by atoms with Crippen molar-refractivity contribution in [2.75, 3.05) is 27.3 Å². The predicted molar refractivity (Wildman–Crippen MR) is 86.9 cm³/mol. The van der Waals surface area contributed by atoms with Crippen LogP contribution in [0.2, 0.25) is 5.02 Å². The number of nitrogens with zero attached hydrogens (tertiary/aromatic N) is 2. The maximum atomic E-state index is 6.47. The molecule has 1 aliphatic rings. The Morgan fingerprint density at radius 2 is 2.29 bits per heavy atom. The number of methoxy groups -OCH3 is 1. The zero-order valence-electron chi connectivity index (χ0n) is 13.7. The highest BCUT2D eigenvalue weighted by molar-refractivity contribution is 6.31. The molecule has 2 atom stereocenters. The molecule has 5 heteroatoms. The zero-order valence-corrected chi connectivity index (χ0v) is 14.4. The summed E-state index contributed by atoms with van der Waals surface area (Å²) in [5.41, 5.74) is 1.57. The second kappa shape index (κ2) is 7.12. The van der Waals surface area contributed by atoms with Crippen LogP contribution in [0.4, 0.5) is 0 Å². The molecule has 0 bridgehead atoms. The minimum atomic E-state index is 0.370. The van der Waals surface area contributed by atoms with E-state index in [0.717, 1.165) is 24.5 Å². The highest BCUT2D eigenvalue weighted by atomic mass is 35.5. The smallest absolute Gasteiger partial charge is 0.0820 e. The second-order valence-electron chi connectivity index (χ2n) is 6.92. The van der Waals surface area contributed by atoms with E-state index in [2.05, 4.69) is 24.3 Å². The van der Waals surface area contributed by atoms with Crippen molar-refractivity contribution in [3.8, 4) is 0 Å². The Morgan fingerprint density at radius 1 is 1.52 bits per heavy atom. The van der Waals surface area contributed by atoms with Crippen molar-refractivity contribution in [3.63, 3.8) is 0 Å². The topological polar surface area (TPSA) is 39.1 Å². The van der Waals surface area contributed by atoms with Gasteiger partial charge in [0.25, 0.3) is 0 Å². The number of rotatable bonds is 6. The molecule has 1 aromatic heterocycles. The van der Waals surface area contributed by atoms with Crippen molar-refractivity contribution in [2.45, 2.75) is 45.6 Å². The van der Waals surface area contributed by atoms with E-state index in [1.54, 1.807) is 13.3 Å². The van der Waals surface area contributed by atoms with Gasteiger partial charge >= 0.3 is 0 Å². The average molecular weight is 314 g/mol. The largest absolute Gasteiger partial charge is 0.383 e. The Hall–Kier alpha value is -0.580. The highest BCUT2D eigenvalue weighted by Crippen LogP contribution is 2.47. The molecule has 0 aliphatic heterocycles. The van der Waals surface area contributed by atoms with Crippen molar-refractivity contribution in [1.82, 2.24) is 15.1 Å². The molecule has 0 spiro atoms. The molecule has 0 amide bonds. The van der Waals surface area contributed by atoms with Crippen LogP contribution in [0, 0.1) is 11.3 Å². The average Bonchev–Trinajstić information content (AvgIpc) is 2.79. The van der Waals surface area contributed by atoms with Crippen LogP contribution >= 0.6 is 11.6 Å². The van der Waals surface area contributed by atoms with Crippen LogP contribution < -0.4 is 5.32 Å². The molecule has 1 N–H and O–H groups in total. The lowest BCUT2D eigenvalue weighted by Crippen LogP contribution is -2.35. The third-order valence-electron chi connectivity index (χ3n) is 4.69. The van der Waals surface area contributed by atoms with E-state index in [9.17, 15) is 0 Å². The van der Waals surface area contributed by atoms with Gasteiger partial charge in [0, 0.05) is 13.0 Å². The summed E-state index contributed by atoms with van der Waals surface area (Å²) >= 11 is 6.47. The lowest BCUT2D eigenvalue weighted by atomic mass is 9.66. The minimum absolute atomic E-state index is 0.370. The first-order chi connectivity index (χ1) is 9.98. The maximum Gasteiger partial charge on any atom is 0.0820 e. The van der Waals surface area contributed by atoms with E-state index in [4.69, 9.17) is 16.3 Å². The maximum absolute atomic E-state index is 6.47. The molecule has 2 rings (SSSR count). The Bertz CT molecular complexity index is 458. The van der Waals surface area contributed by atoms with Gasteiger partial charge in [0.05, 0.1) is 30.1 Å². The number of aromatic nitrogens is 2. The SMILES string of the molecule is CNCC1CCC(C)(C)CC1c1c(Cl)cnn1CCOC. The van der Waals surface area contributed by atoms with E-state index in [1.807, 2.05) is 11.7 Å². The molecule has 1 heterocycles. The lowest BCUT2D eigenvalue weighted by molar-refractivity contribution is 0.150. The molecule has 4 nitrogen and oxygen atoms in total. The Balaban J connectivity index is 2.28. The van der Waals surface area contributed by atoms with Crippen LogP contribution in [0.1, 0.15) is 44.7 Å². The van der Waals surface area contributed by atoms with Gasteiger partial charge in [-0.1, -0.05) is 25.4 Å². The summed E-state index contributed by atoms with van der Waals surface area (Å²) < 4.78 is 7.24. The van der Waals surface area contributed by atoms with E-state index in [0.29, 0.717) is 23.9 Å². The molecule has 0 aromatic carbocycles. The summed E-state index contributed by atoms with van der Waals surface area (Å²) in [4.78, 5) is 0. The summed E-state index contributed by atoms with van der Waals surface area (Å²) in [6, 6.07) is 0. The van der Waals surface area contributed by atoms with Crippen LogP contribution in [-0.4, -0.2) is 37.1 Å².